The van der Waals surface area contributed by atoms with Crippen LogP contribution in [0.25, 0.3) is 17.0 Å². The smallest absolute Gasteiger partial charge is 0.248 e. The monoisotopic (exact) mass is 288 g/mol. The molecule has 0 bridgehead atoms. The van der Waals surface area contributed by atoms with Crippen molar-refractivity contribution in [1.82, 2.24) is 4.98 Å². The van der Waals surface area contributed by atoms with E-state index in [2.05, 4.69) is 10.3 Å². The molecule has 0 saturated heterocycles. The van der Waals surface area contributed by atoms with Crippen LogP contribution in [0.5, 0.6) is 0 Å². The van der Waals surface area contributed by atoms with Crippen molar-refractivity contribution in [3.63, 3.8) is 0 Å². The van der Waals surface area contributed by atoms with E-state index < -0.39 is 0 Å². The topological polar surface area (TPSA) is 42.0 Å². The van der Waals surface area contributed by atoms with Gasteiger partial charge in [0, 0.05) is 17.7 Å². The fraction of sp³-hybridized carbons (Fsp3) is 0.0526. The number of anilines is 1. The molecule has 3 heteroatoms. The molecule has 0 spiro atoms. The highest BCUT2D eigenvalue weighted by molar-refractivity contribution is 6.06. The molecule has 0 aliphatic rings. The Morgan fingerprint density at radius 3 is 2.77 bits per heavy atom. The zero-order valence-electron chi connectivity index (χ0n) is 12.3. The molecule has 1 N–H and O–H groups in total. The molecule has 108 valence electrons. The van der Waals surface area contributed by atoms with Gasteiger partial charge in [-0.2, -0.15) is 0 Å². The van der Waals surface area contributed by atoms with Crippen molar-refractivity contribution in [1.29, 1.82) is 0 Å². The number of pyridine rings is 1. The van der Waals surface area contributed by atoms with Crippen LogP contribution in [-0.4, -0.2) is 10.9 Å². The molecule has 0 atom stereocenters. The van der Waals surface area contributed by atoms with Crippen molar-refractivity contribution >= 4 is 28.6 Å². The molecule has 3 aromatic rings. The number of hydrogen-bond acceptors (Lipinski definition) is 2. The molecule has 1 heterocycles. The second-order valence-electron chi connectivity index (χ2n) is 5.12. The van der Waals surface area contributed by atoms with Crippen molar-refractivity contribution in [2.75, 3.05) is 5.32 Å². The predicted octanol–water partition coefficient (Wildman–Crippen LogP) is 4.20. The minimum absolute atomic E-state index is 0.167. The number of para-hydroxylation sites is 1. The summed E-state index contributed by atoms with van der Waals surface area (Å²) < 4.78 is 0. The number of benzene rings is 2. The van der Waals surface area contributed by atoms with Gasteiger partial charge in [0.05, 0.1) is 11.2 Å². The van der Waals surface area contributed by atoms with Crippen LogP contribution in [-0.2, 0) is 4.79 Å². The summed E-state index contributed by atoms with van der Waals surface area (Å²) in [5.74, 6) is -0.167. The third-order valence-corrected chi connectivity index (χ3v) is 3.36. The first-order chi connectivity index (χ1) is 10.7. The Morgan fingerprint density at radius 2 is 1.91 bits per heavy atom. The van der Waals surface area contributed by atoms with Crippen LogP contribution in [0.1, 0.15) is 11.1 Å². The maximum absolute atomic E-state index is 12.1. The molecule has 0 aliphatic carbocycles. The van der Waals surface area contributed by atoms with Crippen molar-refractivity contribution in [2.45, 2.75) is 6.92 Å². The Hall–Kier alpha value is -2.94. The highest BCUT2D eigenvalue weighted by atomic mass is 16.1. The van der Waals surface area contributed by atoms with Crippen molar-refractivity contribution < 1.29 is 4.79 Å². The van der Waals surface area contributed by atoms with E-state index in [0.717, 1.165) is 22.2 Å². The zero-order chi connectivity index (χ0) is 15.4. The molecule has 0 aliphatic heterocycles. The molecule has 0 fully saturated rings. The Labute approximate surface area is 129 Å². The van der Waals surface area contributed by atoms with E-state index in [4.69, 9.17) is 0 Å². The minimum atomic E-state index is -0.167. The quantitative estimate of drug-likeness (QED) is 0.734. The van der Waals surface area contributed by atoms with Crippen LogP contribution in [0.15, 0.2) is 66.9 Å². The predicted molar refractivity (Wildman–Crippen MR) is 90.6 cm³/mol. The summed E-state index contributed by atoms with van der Waals surface area (Å²) in [6.07, 6.45) is 5.07. The fourth-order valence-corrected chi connectivity index (χ4v) is 2.33. The molecule has 0 radical (unpaired) electrons. The second-order valence-corrected chi connectivity index (χ2v) is 5.12. The van der Waals surface area contributed by atoms with Gasteiger partial charge in [-0.1, -0.05) is 48.0 Å². The second kappa shape index (κ2) is 6.22. The fourth-order valence-electron chi connectivity index (χ4n) is 2.33. The molecule has 0 unspecified atom stereocenters. The molecule has 1 amide bonds. The average Bonchev–Trinajstić information content (AvgIpc) is 2.53. The first kappa shape index (κ1) is 14.0. The Bertz CT molecular complexity index is 847. The summed E-state index contributed by atoms with van der Waals surface area (Å²) in [4.78, 5) is 16.4. The largest absolute Gasteiger partial charge is 0.321 e. The van der Waals surface area contributed by atoms with Gasteiger partial charge in [0.1, 0.15) is 0 Å². The van der Waals surface area contributed by atoms with Gasteiger partial charge >= 0.3 is 0 Å². The van der Waals surface area contributed by atoms with Gasteiger partial charge in [0.15, 0.2) is 0 Å². The minimum Gasteiger partial charge on any atom is -0.321 e. The summed E-state index contributed by atoms with van der Waals surface area (Å²) in [7, 11) is 0. The number of fused-ring (bicyclic) bond motifs is 1. The highest BCUT2D eigenvalue weighted by Gasteiger charge is 2.03. The summed E-state index contributed by atoms with van der Waals surface area (Å²) >= 11 is 0. The molecular weight excluding hydrogens is 272 g/mol. The van der Waals surface area contributed by atoms with Crippen LogP contribution < -0.4 is 5.32 Å². The molecule has 3 rings (SSSR count). The SMILES string of the molecule is Cc1cccc(/C=C/C(=O)Nc2cccc3cccnc23)c1. The summed E-state index contributed by atoms with van der Waals surface area (Å²) in [5.41, 5.74) is 3.69. The van der Waals surface area contributed by atoms with Gasteiger partial charge in [-0.15, -0.1) is 0 Å². The third-order valence-electron chi connectivity index (χ3n) is 3.36. The van der Waals surface area contributed by atoms with E-state index in [1.165, 1.54) is 11.6 Å². The number of rotatable bonds is 3. The first-order valence-electron chi connectivity index (χ1n) is 7.12. The number of aromatic nitrogens is 1. The van der Waals surface area contributed by atoms with E-state index >= 15 is 0 Å². The van der Waals surface area contributed by atoms with Crippen LogP contribution in [0.4, 0.5) is 5.69 Å². The molecule has 0 saturated carbocycles. The Morgan fingerprint density at radius 1 is 1.09 bits per heavy atom. The van der Waals surface area contributed by atoms with Gasteiger partial charge in [0.25, 0.3) is 0 Å². The lowest BCUT2D eigenvalue weighted by Crippen LogP contribution is -2.08. The first-order valence-corrected chi connectivity index (χ1v) is 7.12. The Balaban J connectivity index is 1.79. The Kier molecular flexibility index (Phi) is 3.97. The summed E-state index contributed by atoms with van der Waals surface area (Å²) in [5, 5.41) is 3.88. The summed E-state index contributed by atoms with van der Waals surface area (Å²) in [6, 6.07) is 17.6. The number of hydrogen-bond donors (Lipinski definition) is 1. The number of aryl methyl sites for hydroxylation is 1. The number of amides is 1. The van der Waals surface area contributed by atoms with Crippen molar-refractivity contribution in [3.8, 4) is 0 Å². The molecule has 3 nitrogen and oxygen atoms in total. The van der Waals surface area contributed by atoms with E-state index in [0.29, 0.717) is 0 Å². The van der Waals surface area contributed by atoms with Crippen molar-refractivity contribution in [3.05, 3.63) is 78.0 Å². The van der Waals surface area contributed by atoms with Gasteiger partial charge in [-0.25, -0.2) is 0 Å². The maximum atomic E-state index is 12.1. The van der Waals surface area contributed by atoms with Gasteiger partial charge < -0.3 is 5.32 Å². The number of nitrogens with one attached hydrogen (secondary N) is 1. The molecular formula is C19H16N2O. The van der Waals surface area contributed by atoms with Crippen LogP contribution in [0.3, 0.4) is 0 Å². The van der Waals surface area contributed by atoms with Gasteiger partial charge in [-0.05, 0) is 30.7 Å². The maximum Gasteiger partial charge on any atom is 0.248 e. The number of carbonyl (C=O) groups is 1. The zero-order valence-corrected chi connectivity index (χ0v) is 12.3. The average molecular weight is 288 g/mol. The normalized spacial score (nSPS) is 11.0. The third kappa shape index (κ3) is 3.20. The van der Waals surface area contributed by atoms with E-state index in [-0.39, 0.29) is 5.91 Å². The van der Waals surface area contributed by atoms with Gasteiger partial charge in [0.2, 0.25) is 5.91 Å². The molecule has 2 aromatic carbocycles. The lowest BCUT2D eigenvalue weighted by molar-refractivity contribution is -0.111. The van der Waals surface area contributed by atoms with E-state index in [1.807, 2.05) is 61.5 Å². The van der Waals surface area contributed by atoms with Gasteiger partial charge in [-0.3, -0.25) is 9.78 Å². The van der Waals surface area contributed by atoms with E-state index in [9.17, 15) is 4.79 Å². The standard InChI is InChI=1S/C19H16N2O/c1-14-5-2-6-15(13-14)10-11-18(22)21-17-9-3-7-16-8-4-12-20-19(16)17/h2-13H,1H3,(H,21,22)/b11-10+. The number of nitrogens with zero attached hydrogens (tertiary/aromatic N) is 1. The van der Waals surface area contributed by atoms with Crippen LogP contribution in [0.2, 0.25) is 0 Å². The summed E-state index contributed by atoms with van der Waals surface area (Å²) in [6.45, 7) is 2.03. The molecule has 1 aromatic heterocycles. The van der Waals surface area contributed by atoms with E-state index in [1.54, 1.807) is 12.3 Å². The van der Waals surface area contributed by atoms with Crippen LogP contribution >= 0.6 is 0 Å². The van der Waals surface area contributed by atoms with Crippen molar-refractivity contribution in [2.24, 2.45) is 0 Å². The number of carbonyl (C=O) groups excluding carboxylic acids is 1. The lowest BCUT2D eigenvalue weighted by Gasteiger charge is -2.05. The highest BCUT2D eigenvalue weighted by Crippen LogP contribution is 2.20. The van der Waals surface area contributed by atoms with Crippen LogP contribution in [0, 0.1) is 6.92 Å². The molecule has 22 heavy (non-hydrogen) atoms. The lowest BCUT2D eigenvalue weighted by atomic mass is 10.1.